The van der Waals surface area contributed by atoms with Crippen molar-refractivity contribution in [1.82, 2.24) is 4.90 Å². The van der Waals surface area contributed by atoms with Crippen LogP contribution < -0.4 is 5.73 Å². The normalized spacial score (nSPS) is 11.1. The van der Waals surface area contributed by atoms with Crippen LogP contribution in [0.25, 0.3) is 0 Å². The van der Waals surface area contributed by atoms with Gasteiger partial charge in [0, 0.05) is 13.7 Å². The van der Waals surface area contributed by atoms with E-state index in [0.29, 0.717) is 0 Å². The lowest BCUT2D eigenvalue weighted by Crippen LogP contribution is -2.30. The third-order valence-electron chi connectivity index (χ3n) is 2.12. The number of hydrogen-bond donors (Lipinski definition) is 1. The topological polar surface area (TPSA) is 38.5 Å². The molecule has 0 amide bonds. The first kappa shape index (κ1) is 12.9. The molecule has 0 aromatic heterocycles. The first-order valence-corrected chi connectivity index (χ1v) is 5.26. The molecule has 3 nitrogen and oxygen atoms in total. The van der Waals surface area contributed by atoms with E-state index in [0.717, 1.165) is 32.7 Å². The first-order chi connectivity index (χ1) is 6.35. The molecule has 0 radical (unpaired) electrons. The van der Waals surface area contributed by atoms with Crippen LogP contribution in [0.3, 0.4) is 0 Å². The Morgan fingerprint density at radius 2 is 1.85 bits per heavy atom. The molecule has 0 aromatic rings. The van der Waals surface area contributed by atoms with Crippen LogP contribution in [0.15, 0.2) is 0 Å². The van der Waals surface area contributed by atoms with Crippen molar-refractivity contribution in [2.24, 2.45) is 5.73 Å². The van der Waals surface area contributed by atoms with Crippen molar-refractivity contribution in [1.29, 1.82) is 0 Å². The van der Waals surface area contributed by atoms with Crippen molar-refractivity contribution >= 4 is 0 Å². The summed E-state index contributed by atoms with van der Waals surface area (Å²) in [4.78, 5) is 2.43. The van der Waals surface area contributed by atoms with Crippen LogP contribution in [-0.2, 0) is 4.74 Å². The van der Waals surface area contributed by atoms with E-state index in [4.69, 9.17) is 10.5 Å². The number of methoxy groups -OCH3 is 1. The summed E-state index contributed by atoms with van der Waals surface area (Å²) in [5.74, 6) is 0. The third kappa shape index (κ3) is 8.22. The Labute approximate surface area is 82.2 Å². The zero-order valence-electron chi connectivity index (χ0n) is 9.09. The zero-order valence-corrected chi connectivity index (χ0v) is 9.09. The predicted molar refractivity (Wildman–Crippen MR) is 56.9 cm³/mol. The highest BCUT2D eigenvalue weighted by atomic mass is 16.5. The van der Waals surface area contributed by atoms with Gasteiger partial charge in [0.2, 0.25) is 0 Å². The van der Waals surface area contributed by atoms with Gasteiger partial charge in [0.15, 0.2) is 0 Å². The van der Waals surface area contributed by atoms with Crippen molar-refractivity contribution in [3.63, 3.8) is 0 Å². The number of unbranched alkanes of at least 4 members (excludes halogenated alkanes) is 1. The molecule has 80 valence electrons. The highest BCUT2D eigenvalue weighted by molar-refractivity contribution is 4.57. The van der Waals surface area contributed by atoms with Gasteiger partial charge < -0.3 is 15.4 Å². The monoisotopic (exact) mass is 188 g/mol. The Hall–Kier alpha value is -0.120. The second-order valence-electron chi connectivity index (χ2n) is 3.33. The fourth-order valence-electron chi connectivity index (χ4n) is 1.25. The van der Waals surface area contributed by atoms with E-state index in [1.165, 1.54) is 19.4 Å². The second-order valence-corrected chi connectivity index (χ2v) is 3.33. The summed E-state index contributed by atoms with van der Waals surface area (Å²) >= 11 is 0. The van der Waals surface area contributed by atoms with Crippen molar-refractivity contribution in [2.45, 2.75) is 26.2 Å². The van der Waals surface area contributed by atoms with Crippen LogP contribution in [0.4, 0.5) is 0 Å². The Bertz CT molecular complexity index is 79.9. The molecule has 0 aliphatic heterocycles. The van der Waals surface area contributed by atoms with Gasteiger partial charge in [-0.15, -0.1) is 0 Å². The Morgan fingerprint density at radius 1 is 1.15 bits per heavy atom. The highest BCUT2D eigenvalue weighted by Crippen LogP contribution is 1.96. The number of nitrogens with two attached hydrogens (primary N) is 1. The van der Waals surface area contributed by atoms with Gasteiger partial charge in [-0.25, -0.2) is 0 Å². The number of rotatable bonds is 9. The average Bonchev–Trinajstić information content (AvgIpc) is 2.17. The molecule has 13 heavy (non-hydrogen) atoms. The van der Waals surface area contributed by atoms with Crippen LogP contribution >= 0.6 is 0 Å². The van der Waals surface area contributed by atoms with Crippen molar-refractivity contribution in [2.75, 3.05) is 39.9 Å². The Balaban J connectivity index is 3.47. The summed E-state index contributed by atoms with van der Waals surface area (Å²) in [5.41, 5.74) is 5.48. The van der Waals surface area contributed by atoms with E-state index in [1.54, 1.807) is 7.11 Å². The van der Waals surface area contributed by atoms with Crippen LogP contribution in [0.1, 0.15) is 26.2 Å². The molecule has 0 aliphatic rings. The zero-order chi connectivity index (χ0) is 9.94. The number of hydrogen-bond acceptors (Lipinski definition) is 3. The fourth-order valence-corrected chi connectivity index (χ4v) is 1.25. The minimum absolute atomic E-state index is 0.787. The predicted octanol–water partition coefficient (Wildman–Crippen LogP) is 1.08. The minimum Gasteiger partial charge on any atom is -0.383 e. The van der Waals surface area contributed by atoms with Crippen molar-refractivity contribution in [3.05, 3.63) is 0 Å². The van der Waals surface area contributed by atoms with E-state index >= 15 is 0 Å². The maximum absolute atomic E-state index is 5.48. The molecule has 0 aromatic carbocycles. The molecule has 0 aliphatic carbocycles. The Kier molecular flexibility index (Phi) is 9.87. The largest absolute Gasteiger partial charge is 0.383 e. The fraction of sp³-hybridized carbons (Fsp3) is 1.00. The summed E-state index contributed by atoms with van der Waals surface area (Å²) in [6, 6.07) is 0. The van der Waals surface area contributed by atoms with Crippen LogP contribution in [0.2, 0.25) is 0 Å². The molecule has 2 N–H and O–H groups in total. The van der Waals surface area contributed by atoms with E-state index in [9.17, 15) is 0 Å². The molecule has 0 unspecified atom stereocenters. The molecular weight excluding hydrogens is 164 g/mol. The molecule has 0 saturated heterocycles. The summed E-state index contributed by atoms with van der Waals surface area (Å²) < 4.78 is 5.06. The lowest BCUT2D eigenvalue weighted by atomic mass is 10.3. The molecule has 0 saturated carbocycles. The standard InChI is InChI=1S/C10H24N2O/c1-3-4-7-12(8-5-6-11)9-10-13-2/h3-11H2,1-2H3. The molecular formula is C10H24N2O. The molecule has 0 spiro atoms. The van der Waals surface area contributed by atoms with Gasteiger partial charge in [-0.3, -0.25) is 0 Å². The van der Waals surface area contributed by atoms with Crippen molar-refractivity contribution < 1.29 is 4.74 Å². The van der Waals surface area contributed by atoms with Crippen LogP contribution in [0, 0.1) is 0 Å². The molecule has 0 heterocycles. The quantitative estimate of drug-likeness (QED) is 0.588. The maximum atomic E-state index is 5.48. The van der Waals surface area contributed by atoms with Crippen LogP contribution in [0.5, 0.6) is 0 Å². The lowest BCUT2D eigenvalue weighted by Gasteiger charge is -2.21. The molecule has 3 heteroatoms. The second kappa shape index (κ2) is 9.96. The van der Waals surface area contributed by atoms with E-state index < -0.39 is 0 Å². The van der Waals surface area contributed by atoms with Gasteiger partial charge in [-0.2, -0.15) is 0 Å². The summed E-state index contributed by atoms with van der Waals surface area (Å²) in [6.07, 6.45) is 3.62. The van der Waals surface area contributed by atoms with E-state index in [2.05, 4.69) is 11.8 Å². The first-order valence-electron chi connectivity index (χ1n) is 5.26. The maximum Gasteiger partial charge on any atom is 0.0589 e. The molecule has 0 bridgehead atoms. The van der Waals surface area contributed by atoms with Gasteiger partial charge in [-0.1, -0.05) is 13.3 Å². The van der Waals surface area contributed by atoms with E-state index in [1.807, 2.05) is 0 Å². The minimum atomic E-state index is 0.787. The number of ether oxygens (including phenoxy) is 1. The van der Waals surface area contributed by atoms with Gasteiger partial charge in [0.05, 0.1) is 6.61 Å². The highest BCUT2D eigenvalue weighted by Gasteiger charge is 2.02. The number of nitrogens with zero attached hydrogens (tertiary/aromatic N) is 1. The summed E-state index contributed by atoms with van der Waals surface area (Å²) in [5, 5.41) is 0. The molecule has 0 atom stereocenters. The lowest BCUT2D eigenvalue weighted by molar-refractivity contribution is 0.146. The molecule has 0 rings (SSSR count). The summed E-state index contributed by atoms with van der Waals surface area (Å²) in [6.45, 7) is 7.16. The van der Waals surface area contributed by atoms with Gasteiger partial charge in [-0.05, 0) is 32.5 Å². The average molecular weight is 188 g/mol. The smallest absolute Gasteiger partial charge is 0.0589 e. The van der Waals surface area contributed by atoms with E-state index in [-0.39, 0.29) is 0 Å². The van der Waals surface area contributed by atoms with Crippen molar-refractivity contribution in [3.8, 4) is 0 Å². The van der Waals surface area contributed by atoms with Gasteiger partial charge in [0.1, 0.15) is 0 Å². The van der Waals surface area contributed by atoms with Crippen LogP contribution in [-0.4, -0.2) is 44.8 Å². The van der Waals surface area contributed by atoms with Gasteiger partial charge >= 0.3 is 0 Å². The molecule has 0 fully saturated rings. The van der Waals surface area contributed by atoms with Gasteiger partial charge in [0.25, 0.3) is 0 Å². The SMILES string of the molecule is CCCCN(CCCN)CCOC. The summed E-state index contributed by atoms with van der Waals surface area (Å²) in [7, 11) is 1.75. The Morgan fingerprint density at radius 3 is 2.38 bits per heavy atom. The third-order valence-corrected chi connectivity index (χ3v) is 2.12.